The standard InChI is InChI=1S/C16H17N3/c1-16(2,17)15-18-10-14(19-15)13-9-5-7-11-6-3-4-8-12(11)13/h3-10H,17H2,1-2H3,(H,18,19). The molecule has 0 saturated heterocycles. The third kappa shape index (κ3) is 2.13. The molecule has 0 aliphatic heterocycles. The molecule has 96 valence electrons. The summed E-state index contributed by atoms with van der Waals surface area (Å²) < 4.78 is 0. The third-order valence-corrected chi connectivity index (χ3v) is 3.27. The summed E-state index contributed by atoms with van der Waals surface area (Å²) in [5.41, 5.74) is 7.77. The van der Waals surface area contributed by atoms with Crippen LogP contribution in [0.5, 0.6) is 0 Å². The molecule has 3 aromatic rings. The van der Waals surface area contributed by atoms with Crippen LogP contribution in [-0.2, 0) is 5.54 Å². The topological polar surface area (TPSA) is 54.7 Å². The zero-order valence-corrected chi connectivity index (χ0v) is 11.1. The Morgan fingerprint density at radius 1 is 1.05 bits per heavy atom. The zero-order valence-electron chi connectivity index (χ0n) is 11.1. The number of nitrogens with two attached hydrogens (primary N) is 1. The van der Waals surface area contributed by atoms with Crippen molar-refractivity contribution in [1.29, 1.82) is 0 Å². The maximum absolute atomic E-state index is 6.07. The number of aromatic nitrogens is 2. The molecule has 0 saturated carbocycles. The van der Waals surface area contributed by atoms with Crippen LogP contribution in [0, 0.1) is 0 Å². The fourth-order valence-electron chi connectivity index (χ4n) is 2.25. The summed E-state index contributed by atoms with van der Waals surface area (Å²) in [5.74, 6) is 0.801. The highest BCUT2D eigenvalue weighted by Gasteiger charge is 2.18. The van der Waals surface area contributed by atoms with Crippen LogP contribution >= 0.6 is 0 Å². The Labute approximate surface area is 112 Å². The van der Waals surface area contributed by atoms with E-state index in [1.807, 2.05) is 26.1 Å². The number of aromatic amines is 1. The van der Waals surface area contributed by atoms with E-state index in [0.29, 0.717) is 0 Å². The van der Waals surface area contributed by atoms with Crippen LogP contribution in [0.15, 0.2) is 48.7 Å². The summed E-state index contributed by atoms with van der Waals surface area (Å²) in [6, 6.07) is 14.6. The van der Waals surface area contributed by atoms with Gasteiger partial charge >= 0.3 is 0 Å². The first-order chi connectivity index (χ1) is 9.05. The van der Waals surface area contributed by atoms with Crippen LogP contribution in [0.4, 0.5) is 0 Å². The monoisotopic (exact) mass is 251 g/mol. The van der Waals surface area contributed by atoms with Gasteiger partial charge in [-0.25, -0.2) is 4.98 Å². The van der Waals surface area contributed by atoms with Crippen LogP contribution in [0.25, 0.3) is 22.0 Å². The van der Waals surface area contributed by atoms with Crippen molar-refractivity contribution in [3.8, 4) is 11.3 Å². The van der Waals surface area contributed by atoms with Gasteiger partial charge in [-0.1, -0.05) is 42.5 Å². The van der Waals surface area contributed by atoms with E-state index in [2.05, 4.69) is 46.4 Å². The van der Waals surface area contributed by atoms with Gasteiger partial charge in [0.2, 0.25) is 0 Å². The van der Waals surface area contributed by atoms with Gasteiger partial charge in [-0.15, -0.1) is 0 Å². The molecule has 2 aromatic carbocycles. The van der Waals surface area contributed by atoms with Gasteiger partial charge < -0.3 is 10.7 Å². The van der Waals surface area contributed by atoms with E-state index in [-0.39, 0.29) is 0 Å². The summed E-state index contributed by atoms with van der Waals surface area (Å²) in [5, 5.41) is 2.44. The number of H-pyrrole nitrogens is 1. The Kier molecular flexibility index (Phi) is 2.64. The number of fused-ring (bicyclic) bond motifs is 1. The van der Waals surface area contributed by atoms with E-state index >= 15 is 0 Å². The van der Waals surface area contributed by atoms with E-state index in [1.54, 1.807) is 0 Å². The molecule has 3 heteroatoms. The number of benzene rings is 2. The van der Waals surface area contributed by atoms with Crippen molar-refractivity contribution in [2.75, 3.05) is 0 Å². The predicted octanol–water partition coefficient (Wildman–Crippen LogP) is 3.42. The van der Waals surface area contributed by atoms with E-state index in [9.17, 15) is 0 Å². The number of imidazole rings is 1. The quantitative estimate of drug-likeness (QED) is 0.733. The molecule has 0 aliphatic carbocycles. The first kappa shape index (κ1) is 11.9. The SMILES string of the molecule is CC(C)(N)c1ncc(-c2cccc3ccccc23)[nH]1. The maximum Gasteiger partial charge on any atom is 0.126 e. The number of hydrogen-bond acceptors (Lipinski definition) is 2. The lowest BCUT2D eigenvalue weighted by Crippen LogP contribution is -2.30. The largest absolute Gasteiger partial charge is 0.340 e. The number of nitrogens with one attached hydrogen (secondary N) is 1. The molecule has 3 nitrogen and oxygen atoms in total. The Morgan fingerprint density at radius 3 is 2.53 bits per heavy atom. The molecule has 0 fully saturated rings. The average Bonchev–Trinajstić information content (AvgIpc) is 2.87. The second-order valence-corrected chi connectivity index (χ2v) is 5.39. The van der Waals surface area contributed by atoms with Gasteiger partial charge in [0.25, 0.3) is 0 Å². The van der Waals surface area contributed by atoms with Crippen molar-refractivity contribution in [3.05, 3.63) is 54.5 Å². The highest BCUT2D eigenvalue weighted by atomic mass is 15.0. The molecular formula is C16H17N3. The first-order valence-electron chi connectivity index (χ1n) is 6.38. The van der Waals surface area contributed by atoms with Gasteiger partial charge in [-0.2, -0.15) is 0 Å². The van der Waals surface area contributed by atoms with Crippen molar-refractivity contribution < 1.29 is 0 Å². The molecule has 0 spiro atoms. The Balaban J connectivity index is 2.17. The minimum Gasteiger partial charge on any atom is -0.340 e. The van der Waals surface area contributed by atoms with Crippen molar-refractivity contribution in [3.63, 3.8) is 0 Å². The lowest BCUT2D eigenvalue weighted by atomic mass is 10.0. The van der Waals surface area contributed by atoms with Gasteiger partial charge in [0, 0.05) is 5.56 Å². The Bertz CT molecular complexity index is 715. The van der Waals surface area contributed by atoms with E-state index in [0.717, 1.165) is 17.1 Å². The van der Waals surface area contributed by atoms with Crippen molar-refractivity contribution in [2.45, 2.75) is 19.4 Å². The number of nitrogens with zero attached hydrogens (tertiary/aromatic N) is 1. The molecule has 1 aromatic heterocycles. The zero-order chi connectivity index (χ0) is 13.5. The molecular weight excluding hydrogens is 234 g/mol. The van der Waals surface area contributed by atoms with Crippen LogP contribution in [0.1, 0.15) is 19.7 Å². The summed E-state index contributed by atoms with van der Waals surface area (Å²) in [6.07, 6.45) is 1.85. The van der Waals surface area contributed by atoms with Gasteiger partial charge in [0.05, 0.1) is 17.4 Å². The van der Waals surface area contributed by atoms with Crippen LogP contribution in [0.2, 0.25) is 0 Å². The summed E-state index contributed by atoms with van der Waals surface area (Å²) in [4.78, 5) is 7.72. The predicted molar refractivity (Wildman–Crippen MR) is 78.7 cm³/mol. The van der Waals surface area contributed by atoms with Gasteiger partial charge in [-0.3, -0.25) is 0 Å². The molecule has 0 radical (unpaired) electrons. The van der Waals surface area contributed by atoms with E-state index < -0.39 is 5.54 Å². The summed E-state index contributed by atoms with van der Waals surface area (Å²) >= 11 is 0. The highest BCUT2D eigenvalue weighted by Crippen LogP contribution is 2.28. The normalized spacial score (nSPS) is 11.9. The molecule has 0 bridgehead atoms. The molecule has 0 aliphatic rings. The lowest BCUT2D eigenvalue weighted by molar-refractivity contribution is 0.520. The summed E-state index contributed by atoms with van der Waals surface area (Å²) in [7, 11) is 0. The number of hydrogen-bond donors (Lipinski definition) is 2. The number of rotatable bonds is 2. The average molecular weight is 251 g/mol. The van der Waals surface area contributed by atoms with Crippen molar-refractivity contribution in [1.82, 2.24) is 9.97 Å². The molecule has 0 atom stereocenters. The van der Waals surface area contributed by atoms with Crippen molar-refractivity contribution in [2.24, 2.45) is 5.73 Å². The highest BCUT2D eigenvalue weighted by molar-refractivity contribution is 5.95. The minimum atomic E-state index is -0.456. The molecule has 3 N–H and O–H groups in total. The van der Waals surface area contributed by atoms with E-state index in [4.69, 9.17) is 5.73 Å². The lowest BCUT2D eigenvalue weighted by Gasteiger charge is -2.14. The van der Waals surface area contributed by atoms with E-state index in [1.165, 1.54) is 10.8 Å². The minimum absolute atomic E-state index is 0.456. The molecule has 1 heterocycles. The molecule has 3 rings (SSSR count). The van der Waals surface area contributed by atoms with Gasteiger partial charge in [0.15, 0.2) is 0 Å². The van der Waals surface area contributed by atoms with Crippen molar-refractivity contribution >= 4 is 10.8 Å². The van der Waals surface area contributed by atoms with Crippen LogP contribution < -0.4 is 5.73 Å². The summed E-state index contributed by atoms with van der Waals surface area (Å²) in [6.45, 7) is 3.89. The fraction of sp³-hybridized carbons (Fsp3) is 0.188. The maximum atomic E-state index is 6.07. The second kappa shape index (κ2) is 4.21. The van der Waals surface area contributed by atoms with Crippen LogP contribution in [0.3, 0.4) is 0 Å². The first-order valence-corrected chi connectivity index (χ1v) is 6.38. The van der Waals surface area contributed by atoms with Gasteiger partial charge in [-0.05, 0) is 24.6 Å². The second-order valence-electron chi connectivity index (χ2n) is 5.39. The Hall–Kier alpha value is -2.13. The molecule has 19 heavy (non-hydrogen) atoms. The fourth-order valence-corrected chi connectivity index (χ4v) is 2.25. The van der Waals surface area contributed by atoms with Crippen LogP contribution in [-0.4, -0.2) is 9.97 Å². The van der Waals surface area contributed by atoms with Gasteiger partial charge in [0.1, 0.15) is 5.82 Å². The smallest absolute Gasteiger partial charge is 0.126 e. The Morgan fingerprint density at radius 2 is 1.79 bits per heavy atom. The molecule has 0 unspecified atom stereocenters. The third-order valence-electron chi connectivity index (χ3n) is 3.27. The molecule has 0 amide bonds.